The van der Waals surface area contributed by atoms with E-state index in [0.717, 1.165) is 9.65 Å². The van der Waals surface area contributed by atoms with E-state index >= 15 is 0 Å². The van der Waals surface area contributed by atoms with Crippen LogP contribution < -0.4 is 10.6 Å². The van der Waals surface area contributed by atoms with Crippen molar-refractivity contribution in [3.63, 3.8) is 0 Å². The Bertz CT molecular complexity index is 560. The van der Waals surface area contributed by atoms with Crippen molar-refractivity contribution in [2.45, 2.75) is 0 Å². The van der Waals surface area contributed by atoms with E-state index in [9.17, 15) is 14.4 Å². The van der Waals surface area contributed by atoms with Gasteiger partial charge >= 0.3 is 12.0 Å². The second-order valence-corrected chi connectivity index (χ2v) is 5.34. The summed E-state index contributed by atoms with van der Waals surface area (Å²) >= 11 is 5.38. The van der Waals surface area contributed by atoms with Gasteiger partial charge in [-0.3, -0.25) is 10.1 Å². The number of amides is 3. The molecule has 19 heavy (non-hydrogen) atoms. The summed E-state index contributed by atoms with van der Waals surface area (Å²) in [5, 5.41) is 12.7. The first kappa shape index (κ1) is 15.6. The van der Waals surface area contributed by atoms with Crippen LogP contribution in [-0.2, 0) is 9.59 Å². The van der Waals surface area contributed by atoms with Crippen LogP contribution in [0.15, 0.2) is 34.8 Å². The molecule has 0 aromatic heterocycles. The molecule has 0 heterocycles. The highest BCUT2D eigenvalue weighted by Crippen LogP contribution is 2.24. The van der Waals surface area contributed by atoms with E-state index in [2.05, 4.69) is 43.8 Å². The van der Waals surface area contributed by atoms with Gasteiger partial charge in [0, 0.05) is 20.2 Å². The minimum Gasteiger partial charge on any atom is -0.478 e. The number of anilines is 1. The number of carbonyl (C=O) groups is 3. The Hall–Kier alpha value is -1.42. The average molecular weight is 439 g/mol. The van der Waals surface area contributed by atoms with E-state index in [1.807, 2.05) is 5.32 Å². The van der Waals surface area contributed by atoms with Crippen molar-refractivity contribution in [1.82, 2.24) is 5.32 Å². The smallest absolute Gasteiger partial charge is 0.328 e. The first-order valence-electron chi connectivity index (χ1n) is 4.86. The van der Waals surface area contributed by atoms with Gasteiger partial charge in [0.15, 0.2) is 0 Å². The van der Waals surface area contributed by atoms with Crippen LogP contribution in [0.5, 0.6) is 0 Å². The van der Waals surface area contributed by atoms with Gasteiger partial charge in [-0.2, -0.15) is 0 Å². The SMILES string of the molecule is O=C(O)/C=C/C(=O)NC(=O)Nc1ccc(I)cc1Br. The van der Waals surface area contributed by atoms with E-state index in [0.29, 0.717) is 16.2 Å². The lowest BCUT2D eigenvalue weighted by molar-refractivity contribution is -0.131. The highest BCUT2D eigenvalue weighted by molar-refractivity contribution is 14.1. The third-order valence-electron chi connectivity index (χ3n) is 1.79. The van der Waals surface area contributed by atoms with E-state index in [-0.39, 0.29) is 0 Å². The fourth-order valence-electron chi connectivity index (χ4n) is 1.04. The molecule has 0 fully saturated rings. The molecule has 0 radical (unpaired) electrons. The maximum absolute atomic E-state index is 11.5. The Morgan fingerprint density at radius 1 is 1.26 bits per heavy atom. The molecule has 1 aromatic carbocycles. The Morgan fingerprint density at radius 2 is 1.95 bits per heavy atom. The number of hydrogen-bond donors (Lipinski definition) is 3. The second-order valence-electron chi connectivity index (χ2n) is 3.24. The number of aliphatic carboxylic acids is 1. The number of nitrogens with one attached hydrogen (secondary N) is 2. The van der Waals surface area contributed by atoms with Crippen LogP contribution in [0, 0.1) is 3.57 Å². The molecule has 100 valence electrons. The molecule has 3 amide bonds. The molecule has 0 atom stereocenters. The molecular formula is C11H8BrIN2O4. The molecular weight excluding hydrogens is 431 g/mol. The third kappa shape index (κ3) is 5.83. The molecule has 0 aliphatic heterocycles. The number of carbonyl (C=O) groups excluding carboxylic acids is 2. The Labute approximate surface area is 130 Å². The zero-order valence-corrected chi connectivity index (χ0v) is 13.1. The molecule has 0 saturated heterocycles. The van der Waals surface area contributed by atoms with Crippen LogP contribution in [-0.4, -0.2) is 23.0 Å². The van der Waals surface area contributed by atoms with Crippen molar-refractivity contribution in [3.05, 3.63) is 38.4 Å². The molecule has 3 N–H and O–H groups in total. The summed E-state index contributed by atoms with van der Waals surface area (Å²) in [6, 6.07) is 4.50. The molecule has 1 aromatic rings. The number of imide groups is 1. The molecule has 6 nitrogen and oxygen atoms in total. The van der Waals surface area contributed by atoms with Crippen LogP contribution in [0.2, 0.25) is 0 Å². The fourth-order valence-corrected chi connectivity index (χ4v) is 2.44. The molecule has 0 spiro atoms. The largest absolute Gasteiger partial charge is 0.478 e. The Balaban J connectivity index is 2.60. The summed E-state index contributed by atoms with van der Waals surface area (Å²) in [6.45, 7) is 0. The number of hydrogen-bond acceptors (Lipinski definition) is 3. The predicted octanol–water partition coefficient (Wildman–Crippen LogP) is 2.34. The van der Waals surface area contributed by atoms with E-state index in [1.54, 1.807) is 18.2 Å². The summed E-state index contributed by atoms with van der Waals surface area (Å²) in [4.78, 5) is 32.8. The van der Waals surface area contributed by atoms with Gasteiger partial charge in [0.25, 0.3) is 5.91 Å². The first-order valence-corrected chi connectivity index (χ1v) is 6.73. The predicted molar refractivity (Wildman–Crippen MR) is 80.8 cm³/mol. The minimum absolute atomic E-state index is 0.493. The lowest BCUT2D eigenvalue weighted by atomic mass is 10.3. The summed E-state index contributed by atoms with van der Waals surface area (Å²) < 4.78 is 1.65. The van der Waals surface area contributed by atoms with Gasteiger partial charge in [-0.05, 0) is 56.7 Å². The average Bonchev–Trinajstić information content (AvgIpc) is 2.30. The van der Waals surface area contributed by atoms with E-state index in [4.69, 9.17) is 5.11 Å². The molecule has 0 bridgehead atoms. The van der Waals surface area contributed by atoms with Crippen LogP contribution in [0.3, 0.4) is 0 Å². The number of urea groups is 1. The number of carboxylic acids is 1. The Kier molecular flexibility index (Phi) is 5.96. The maximum Gasteiger partial charge on any atom is 0.328 e. The standard InChI is InChI=1S/C11H8BrIN2O4/c12-7-5-6(13)1-2-8(7)14-11(19)15-9(16)3-4-10(17)18/h1-5H,(H,17,18)(H2,14,15,16,19)/b4-3+. The van der Waals surface area contributed by atoms with Crippen LogP contribution in [0.25, 0.3) is 0 Å². The minimum atomic E-state index is -1.27. The quantitative estimate of drug-likeness (QED) is 0.498. The lowest BCUT2D eigenvalue weighted by Gasteiger charge is -2.07. The lowest BCUT2D eigenvalue weighted by Crippen LogP contribution is -2.33. The zero-order valence-electron chi connectivity index (χ0n) is 9.31. The van der Waals surface area contributed by atoms with Crippen molar-refractivity contribution in [3.8, 4) is 0 Å². The maximum atomic E-state index is 11.5. The molecule has 0 aliphatic rings. The van der Waals surface area contributed by atoms with Gasteiger partial charge in [-0.25, -0.2) is 9.59 Å². The van der Waals surface area contributed by atoms with E-state index in [1.165, 1.54) is 0 Å². The van der Waals surface area contributed by atoms with Gasteiger partial charge in [-0.1, -0.05) is 0 Å². The zero-order chi connectivity index (χ0) is 14.4. The van der Waals surface area contributed by atoms with Gasteiger partial charge in [0.1, 0.15) is 0 Å². The van der Waals surface area contributed by atoms with Gasteiger partial charge in [-0.15, -0.1) is 0 Å². The normalized spacial score (nSPS) is 10.2. The Morgan fingerprint density at radius 3 is 2.53 bits per heavy atom. The van der Waals surface area contributed by atoms with Crippen molar-refractivity contribution in [1.29, 1.82) is 0 Å². The number of halogens is 2. The summed E-state index contributed by atoms with van der Waals surface area (Å²) in [7, 11) is 0. The second kappa shape index (κ2) is 7.24. The number of rotatable bonds is 3. The third-order valence-corrected chi connectivity index (χ3v) is 3.12. The first-order chi connectivity index (χ1) is 8.88. The topological polar surface area (TPSA) is 95.5 Å². The van der Waals surface area contributed by atoms with Gasteiger partial charge < -0.3 is 10.4 Å². The number of benzene rings is 1. The van der Waals surface area contributed by atoms with Crippen molar-refractivity contribution in [2.24, 2.45) is 0 Å². The van der Waals surface area contributed by atoms with Crippen molar-refractivity contribution < 1.29 is 19.5 Å². The highest BCUT2D eigenvalue weighted by Gasteiger charge is 2.08. The van der Waals surface area contributed by atoms with Crippen LogP contribution >= 0.6 is 38.5 Å². The molecule has 0 unspecified atom stereocenters. The van der Waals surface area contributed by atoms with E-state index < -0.39 is 17.9 Å². The van der Waals surface area contributed by atoms with Gasteiger partial charge in [0.2, 0.25) is 0 Å². The van der Waals surface area contributed by atoms with Gasteiger partial charge in [0.05, 0.1) is 5.69 Å². The van der Waals surface area contributed by atoms with Crippen molar-refractivity contribution in [2.75, 3.05) is 5.32 Å². The molecule has 0 saturated carbocycles. The summed E-state index contributed by atoms with van der Waals surface area (Å²) in [5.74, 6) is -2.09. The van der Waals surface area contributed by atoms with Crippen LogP contribution in [0.4, 0.5) is 10.5 Å². The molecule has 1 rings (SSSR count). The molecule has 8 heteroatoms. The fraction of sp³-hybridized carbons (Fsp3) is 0. The van der Waals surface area contributed by atoms with Crippen molar-refractivity contribution >= 4 is 62.1 Å². The highest BCUT2D eigenvalue weighted by atomic mass is 127. The summed E-state index contributed by atoms with van der Waals surface area (Å²) in [6.07, 6.45) is 1.40. The molecule has 0 aliphatic carbocycles. The number of carboxylic acid groups (broad SMARTS) is 1. The van der Waals surface area contributed by atoms with Crippen LogP contribution in [0.1, 0.15) is 0 Å². The monoisotopic (exact) mass is 438 g/mol. The summed E-state index contributed by atoms with van der Waals surface area (Å²) in [5.41, 5.74) is 0.493.